The molecule has 138 valence electrons. The first-order valence-electron chi connectivity index (χ1n) is 7.52. The Morgan fingerprint density at radius 1 is 1.42 bits per heavy atom. The number of carbonyl (C=O) groups excluding carboxylic acids is 2. The molecule has 1 aromatic heterocycles. The van der Waals surface area contributed by atoms with Crippen molar-refractivity contribution in [2.24, 2.45) is 0 Å². The van der Waals surface area contributed by atoms with Crippen LogP contribution in [0.15, 0.2) is 24.3 Å². The monoisotopic (exact) mass is 396 g/mol. The highest BCUT2D eigenvalue weighted by molar-refractivity contribution is 8.01. The number of nitro groups is 1. The largest absolute Gasteiger partial charge is 0.468 e. The van der Waals surface area contributed by atoms with E-state index >= 15 is 0 Å². The number of non-ortho nitro benzene ring substituents is 1. The van der Waals surface area contributed by atoms with Gasteiger partial charge < -0.3 is 4.74 Å². The zero-order valence-electron chi connectivity index (χ0n) is 14.0. The molecule has 26 heavy (non-hydrogen) atoms. The van der Waals surface area contributed by atoms with Crippen LogP contribution in [0.3, 0.4) is 0 Å². The molecule has 0 aliphatic rings. The highest BCUT2D eigenvalue weighted by atomic mass is 32.2. The summed E-state index contributed by atoms with van der Waals surface area (Å²) in [5.74, 6) is -0.606. The molecular formula is C15H16N4O5S2. The van der Waals surface area contributed by atoms with Crippen molar-refractivity contribution in [3.63, 3.8) is 0 Å². The molecule has 1 amide bonds. The van der Waals surface area contributed by atoms with Gasteiger partial charge in [0.05, 0.1) is 23.0 Å². The van der Waals surface area contributed by atoms with Crippen LogP contribution in [0.25, 0.3) is 10.6 Å². The number of rotatable bonds is 8. The average Bonchev–Trinajstić information content (AvgIpc) is 3.10. The van der Waals surface area contributed by atoms with Gasteiger partial charge in [-0.05, 0) is 6.42 Å². The number of nitro benzene ring substituents is 1. The second-order valence-electron chi connectivity index (χ2n) is 4.99. The number of carbonyl (C=O) groups is 2. The van der Waals surface area contributed by atoms with Crippen molar-refractivity contribution in [2.45, 2.75) is 18.6 Å². The van der Waals surface area contributed by atoms with Crippen LogP contribution < -0.4 is 5.32 Å². The van der Waals surface area contributed by atoms with Gasteiger partial charge in [0.2, 0.25) is 11.0 Å². The van der Waals surface area contributed by atoms with Crippen molar-refractivity contribution >= 4 is 45.8 Å². The van der Waals surface area contributed by atoms with Crippen molar-refractivity contribution in [1.82, 2.24) is 10.2 Å². The molecule has 2 rings (SSSR count). The number of anilines is 1. The molecule has 11 heteroatoms. The number of aromatic nitrogens is 2. The van der Waals surface area contributed by atoms with Crippen molar-refractivity contribution in [1.29, 1.82) is 0 Å². The minimum Gasteiger partial charge on any atom is -0.468 e. The fourth-order valence-electron chi connectivity index (χ4n) is 1.94. The number of ether oxygens (including phenoxy) is 1. The molecular weight excluding hydrogens is 380 g/mol. The molecule has 0 saturated carbocycles. The van der Waals surface area contributed by atoms with Crippen LogP contribution in [0.5, 0.6) is 0 Å². The summed E-state index contributed by atoms with van der Waals surface area (Å²) < 4.78 is 4.56. The van der Waals surface area contributed by atoms with Crippen LogP contribution in [0, 0.1) is 10.1 Å². The van der Waals surface area contributed by atoms with Crippen molar-refractivity contribution in [3.8, 4) is 10.6 Å². The molecule has 1 aromatic carbocycles. The molecule has 1 unspecified atom stereocenters. The van der Waals surface area contributed by atoms with E-state index in [1.807, 2.05) is 6.92 Å². The molecule has 0 aliphatic heterocycles. The molecule has 0 bridgehead atoms. The van der Waals surface area contributed by atoms with E-state index in [4.69, 9.17) is 0 Å². The summed E-state index contributed by atoms with van der Waals surface area (Å²) in [6.07, 6.45) is 0.532. The van der Waals surface area contributed by atoms with Gasteiger partial charge in [-0.25, -0.2) is 0 Å². The average molecular weight is 396 g/mol. The topological polar surface area (TPSA) is 124 Å². The summed E-state index contributed by atoms with van der Waals surface area (Å²) in [5.41, 5.74) is 0.498. The first-order chi connectivity index (χ1) is 12.4. The van der Waals surface area contributed by atoms with E-state index in [9.17, 15) is 19.7 Å². The summed E-state index contributed by atoms with van der Waals surface area (Å²) in [7, 11) is 1.29. The van der Waals surface area contributed by atoms with E-state index in [2.05, 4.69) is 20.3 Å². The zero-order chi connectivity index (χ0) is 19.1. The molecule has 1 atom stereocenters. The lowest BCUT2D eigenvalue weighted by atomic mass is 10.2. The fourth-order valence-corrected chi connectivity index (χ4v) is 3.58. The molecule has 2 aromatic rings. The van der Waals surface area contributed by atoms with E-state index in [-0.39, 0.29) is 22.5 Å². The lowest BCUT2D eigenvalue weighted by Gasteiger charge is -2.12. The van der Waals surface area contributed by atoms with E-state index in [1.54, 1.807) is 12.1 Å². The van der Waals surface area contributed by atoms with Crippen molar-refractivity contribution in [2.75, 3.05) is 18.2 Å². The number of esters is 1. The Kier molecular flexibility index (Phi) is 7.04. The van der Waals surface area contributed by atoms with E-state index in [1.165, 1.54) is 31.0 Å². The van der Waals surface area contributed by atoms with Crippen molar-refractivity contribution < 1.29 is 19.2 Å². The summed E-state index contributed by atoms with van der Waals surface area (Å²) in [4.78, 5) is 33.9. The lowest BCUT2D eigenvalue weighted by Crippen LogP contribution is -2.25. The minimum absolute atomic E-state index is 0.0476. The van der Waals surface area contributed by atoms with Crippen LogP contribution in [0.1, 0.15) is 13.3 Å². The van der Waals surface area contributed by atoms with Crippen LogP contribution in [-0.2, 0) is 14.3 Å². The van der Waals surface area contributed by atoms with Crippen LogP contribution in [0.4, 0.5) is 10.8 Å². The third-order valence-electron chi connectivity index (χ3n) is 3.25. The first kappa shape index (κ1) is 19.8. The molecule has 9 nitrogen and oxygen atoms in total. The van der Waals surface area contributed by atoms with E-state index < -0.39 is 16.1 Å². The van der Waals surface area contributed by atoms with Crippen LogP contribution in [-0.4, -0.2) is 45.1 Å². The number of hydrogen-bond acceptors (Lipinski definition) is 9. The third-order valence-corrected chi connectivity index (χ3v) is 5.49. The van der Waals surface area contributed by atoms with Crippen molar-refractivity contribution in [3.05, 3.63) is 34.4 Å². The van der Waals surface area contributed by atoms with Gasteiger partial charge in [0, 0.05) is 17.7 Å². The van der Waals surface area contributed by atoms with Gasteiger partial charge in [-0.3, -0.25) is 25.0 Å². The van der Waals surface area contributed by atoms with E-state index in [0.717, 1.165) is 11.3 Å². The van der Waals surface area contributed by atoms with Gasteiger partial charge in [-0.15, -0.1) is 22.0 Å². The number of thioether (sulfide) groups is 1. The quantitative estimate of drug-likeness (QED) is 0.410. The molecule has 0 spiro atoms. The molecule has 0 radical (unpaired) electrons. The van der Waals surface area contributed by atoms with Crippen LogP contribution in [0.2, 0.25) is 0 Å². The maximum Gasteiger partial charge on any atom is 0.315 e. The van der Waals surface area contributed by atoms with Gasteiger partial charge in [0.15, 0.2) is 0 Å². The standard InChI is InChI=1S/C15H16N4O5S2/c1-3-11(25-8-12(20)24-2)13(21)16-15-18-17-14(26-15)9-5-4-6-10(7-9)19(22)23/h4-7,11H,3,8H2,1-2H3,(H,16,18,21). The van der Waals surface area contributed by atoms with E-state index in [0.29, 0.717) is 17.0 Å². The number of amides is 1. The molecule has 0 aliphatic carbocycles. The second-order valence-corrected chi connectivity index (χ2v) is 7.16. The SMILES string of the molecule is CCC(SCC(=O)OC)C(=O)Nc1nnc(-c2cccc([N+](=O)[O-])c2)s1. The summed E-state index contributed by atoms with van der Waals surface area (Å²) in [6, 6.07) is 6.02. The van der Waals surface area contributed by atoms with Gasteiger partial charge in [-0.2, -0.15) is 0 Å². The highest BCUT2D eigenvalue weighted by Crippen LogP contribution is 2.29. The minimum atomic E-state index is -0.488. The second kappa shape index (κ2) is 9.25. The summed E-state index contributed by atoms with van der Waals surface area (Å²) in [5, 5.41) is 21.7. The Bertz CT molecular complexity index is 811. The normalized spacial score (nSPS) is 11.6. The Labute approximate surface area is 157 Å². The van der Waals surface area contributed by atoms with Crippen LogP contribution >= 0.6 is 23.1 Å². The Hall–Kier alpha value is -2.53. The molecule has 0 saturated heterocycles. The number of nitrogens with zero attached hydrogens (tertiary/aromatic N) is 3. The number of benzene rings is 1. The zero-order valence-corrected chi connectivity index (χ0v) is 15.6. The molecule has 0 fully saturated rings. The lowest BCUT2D eigenvalue weighted by molar-refractivity contribution is -0.384. The maximum absolute atomic E-state index is 12.3. The fraction of sp³-hybridized carbons (Fsp3) is 0.333. The summed E-state index contributed by atoms with van der Waals surface area (Å²) in [6.45, 7) is 1.84. The third kappa shape index (κ3) is 5.23. The van der Waals surface area contributed by atoms with Gasteiger partial charge in [0.25, 0.3) is 5.69 Å². The Balaban J connectivity index is 2.05. The first-order valence-corrected chi connectivity index (χ1v) is 9.38. The van der Waals surface area contributed by atoms with Gasteiger partial charge in [0.1, 0.15) is 5.01 Å². The highest BCUT2D eigenvalue weighted by Gasteiger charge is 2.20. The predicted molar refractivity (Wildman–Crippen MR) is 99.2 cm³/mol. The van der Waals surface area contributed by atoms with Gasteiger partial charge in [-0.1, -0.05) is 30.4 Å². The smallest absolute Gasteiger partial charge is 0.315 e. The molecule has 1 N–H and O–H groups in total. The Morgan fingerprint density at radius 3 is 2.85 bits per heavy atom. The Morgan fingerprint density at radius 2 is 2.19 bits per heavy atom. The number of hydrogen-bond donors (Lipinski definition) is 1. The summed E-state index contributed by atoms with van der Waals surface area (Å²) >= 11 is 2.30. The van der Waals surface area contributed by atoms with Gasteiger partial charge >= 0.3 is 5.97 Å². The molecule has 1 heterocycles. The maximum atomic E-state index is 12.3. The number of methoxy groups -OCH3 is 1. The number of nitrogens with one attached hydrogen (secondary N) is 1. The predicted octanol–water partition coefficient (Wildman–Crippen LogP) is 2.74.